The third kappa shape index (κ3) is 5.89. The molecule has 2 aromatic rings. The number of hydrogen-bond acceptors (Lipinski definition) is 4. The minimum atomic E-state index is -0.485. The lowest BCUT2D eigenvalue weighted by Crippen LogP contribution is -2.14. The molecule has 0 unspecified atom stereocenters. The first kappa shape index (κ1) is 20.1. The number of anilines is 1. The summed E-state index contributed by atoms with van der Waals surface area (Å²) in [5.74, 6) is 1.25. The van der Waals surface area contributed by atoms with Crippen molar-refractivity contribution in [1.82, 2.24) is 0 Å². The molecular formula is C22H24N2O3. The van der Waals surface area contributed by atoms with Gasteiger partial charge in [-0.05, 0) is 54.3 Å². The largest absolute Gasteiger partial charge is 0.495 e. The van der Waals surface area contributed by atoms with Gasteiger partial charge in [0.05, 0.1) is 19.4 Å². The number of rotatable bonds is 7. The van der Waals surface area contributed by atoms with Crippen LogP contribution in [0.3, 0.4) is 0 Å². The van der Waals surface area contributed by atoms with E-state index in [1.807, 2.05) is 43.3 Å². The second kappa shape index (κ2) is 9.44. The average molecular weight is 364 g/mol. The van der Waals surface area contributed by atoms with E-state index in [-0.39, 0.29) is 5.57 Å². The highest BCUT2D eigenvalue weighted by Gasteiger charge is 2.12. The zero-order chi connectivity index (χ0) is 19.8. The standard InChI is InChI=1S/C22H24N2O3/c1-15(2)14-27-19-8-6-17(7-9-19)12-18(13-23)22(25)24-20-11-16(3)5-10-21(20)26-4/h5-12,15H,14H2,1-4H3,(H,24,25)/b18-12+. The van der Waals surface area contributed by atoms with Crippen molar-refractivity contribution in [3.05, 3.63) is 59.2 Å². The highest BCUT2D eigenvalue weighted by molar-refractivity contribution is 6.10. The zero-order valence-electron chi connectivity index (χ0n) is 16.1. The molecule has 2 rings (SSSR count). The highest BCUT2D eigenvalue weighted by atomic mass is 16.5. The van der Waals surface area contributed by atoms with Gasteiger partial charge in [-0.1, -0.05) is 32.0 Å². The molecule has 0 aliphatic heterocycles. The van der Waals surface area contributed by atoms with Crippen LogP contribution in [0.2, 0.25) is 0 Å². The number of nitriles is 1. The van der Waals surface area contributed by atoms with E-state index in [0.29, 0.717) is 24.0 Å². The van der Waals surface area contributed by atoms with E-state index in [1.165, 1.54) is 7.11 Å². The normalized spacial score (nSPS) is 11.0. The third-order valence-corrected chi connectivity index (χ3v) is 3.74. The lowest BCUT2D eigenvalue weighted by atomic mass is 10.1. The maximum Gasteiger partial charge on any atom is 0.266 e. The molecule has 0 aliphatic rings. The van der Waals surface area contributed by atoms with Gasteiger partial charge in [-0.25, -0.2) is 0 Å². The minimum Gasteiger partial charge on any atom is -0.495 e. The first-order valence-electron chi connectivity index (χ1n) is 8.73. The molecule has 0 saturated carbocycles. The number of carbonyl (C=O) groups excluding carboxylic acids is 1. The van der Waals surface area contributed by atoms with Crippen molar-refractivity contribution in [3.63, 3.8) is 0 Å². The molecule has 0 fully saturated rings. The number of amides is 1. The first-order valence-corrected chi connectivity index (χ1v) is 8.73. The van der Waals surface area contributed by atoms with Crippen LogP contribution in [0.5, 0.6) is 11.5 Å². The van der Waals surface area contributed by atoms with E-state index < -0.39 is 5.91 Å². The van der Waals surface area contributed by atoms with Crippen molar-refractivity contribution < 1.29 is 14.3 Å². The number of hydrogen-bond donors (Lipinski definition) is 1. The number of nitrogens with one attached hydrogen (secondary N) is 1. The smallest absolute Gasteiger partial charge is 0.266 e. The Morgan fingerprint density at radius 3 is 2.52 bits per heavy atom. The van der Waals surface area contributed by atoms with Crippen molar-refractivity contribution in [1.29, 1.82) is 5.26 Å². The fourth-order valence-electron chi connectivity index (χ4n) is 2.35. The predicted octanol–water partition coefficient (Wildman–Crippen LogP) is 4.58. The van der Waals surface area contributed by atoms with E-state index in [2.05, 4.69) is 19.2 Å². The van der Waals surface area contributed by atoms with Crippen LogP contribution < -0.4 is 14.8 Å². The number of ether oxygens (including phenoxy) is 2. The number of benzene rings is 2. The van der Waals surface area contributed by atoms with Crippen molar-refractivity contribution in [3.8, 4) is 17.6 Å². The Morgan fingerprint density at radius 2 is 1.93 bits per heavy atom. The van der Waals surface area contributed by atoms with Crippen LogP contribution in [0, 0.1) is 24.2 Å². The molecule has 0 aliphatic carbocycles. The maximum atomic E-state index is 12.5. The molecule has 1 N–H and O–H groups in total. The molecule has 0 atom stereocenters. The molecule has 2 aromatic carbocycles. The molecule has 0 aromatic heterocycles. The Bertz CT molecular complexity index is 862. The molecule has 0 saturated heterocycles. The molecule has 0 spiro atoms. The topological polar surface area (TPSA) is 71.3 Å². The van der Waals surface area contributed by atoms with Crippen LogP contribution in [-0.2, 0) is 4.79 Å². The zero-order valence-corrected chi connectivity index (χ0v) is 16.1. The van der Waals surface area contributed by atoms with Gasteiger partial charge in [0.2, 0.25) is 0 Å². The van der Waals surface area contributed by atoms with E-state index in [0.717, 1.165) is 16.9 Å². The molecular weight excluding hydrogens is 340 g/mol. The van der Waals surface area contributed by atoms with Gasteiger partial charge in [-0.3, -0.25) is 4.79 Å². The van der Waals surface area contributed by atoms with E-state index in [4.69, 9.17) is 9.47 Å². The monoisotopic (exact) mass is 364 g/mol. The van der Waals surface area contributed by atoms with E-state index >= 15 is 0 Å². The molecule has 5 nitrogen and oxygen atoms in total. The number of nitrogens with zero attached hydrogens (tertiary/aromatic N) is 1. The summed E-state index contributed by atoms with van der Waals surface area (Å²) in [6.07, 6.45) is 1.55. The van der Waals surface area contributed by atoms with Crippen molar-refractivity contribution >= 4 is 17.7 Å². The molecule has 0 radical (unpaired) electrons. The molecule has 5 heteroatoms. The highest BCUT2D eigenvalue weighted by Crippen LogP contribution is 2.26. The van der Waals surface area contributed by atoms with Gasteiger partial charge in [0, 0.05) is 0 Å². The SMILES string of the molecule is COc1ccc(C)cc1NC(=O)/C(C#N)=C/c1ccc(OCC(C)C)cc1. The first-order chi connectivity index (χ1) is 12.9. The summed E-state index contributed by atoms with van der Waals surface area (Å²) in [5.41, 5.74) is 2.26. The number of carbonyl (C=O) groups is 1. The summed E-state index contributed by atoms with van der Waals surface area (Å²) >= 11 is 0. The van der Waals surface area contributed by atoms with Crippen LogP contribution >= 0.6 is 0 Å². The Labute approximate surface area is 160 Å². The lowest BCUT2D eigenvalue weighted by Gasteiger charge is -2.11. The molecule has 0 heterocycles. The molecule has 140 valence electrons. The summed E-state index contributed by atoms with van der Waals surface area (Å²) in [4.78, 5) is 12.5. The van der Waals surface area contributed by atoms with Gasteiger partial charge in [0.25, 0.3) is 5.91 Å². The predicted molar refractivity (Wildman–Crippen MR) is 107 cm³/mol. The summed E-state index contributed by atoms with van der Waals surface area (Å²) in [7, 11) is 1.53. The fourth-order valence-corrected chi connectivity index (χ4v) is 2.35. The average Bonchev–Trinajstić information content (AvgIpc) is 2.65. The van der Waals surface area contributed by atoms with Gasteiger partial charge in [-0.15, -0.1) is 0 Å². The van der Waals surface area contributed by atoms with Gasteiger partial charge >= 0.3 is 0 Å². The summed E-state index contributed by atoms with van der Waals surface area (Å²) in [6, 6.07) is 14.7. The summed E-state index contributed by atoms with van der Waals surface area (Å²) in [6.45, 7) is 6.72. The van der Waals surface area contributed by atoms with Crippen LogP contribution in [-0.4, -0.2) is 19.6 Å². The van der Waals surface area contributed by atoms with E-state index in [1.54, 1.807) is 18.2 Å². The summed E-state index contributed by atoms with van der Waals surface area (Å²) in [5, 5.41) is 12.1. The van der Waals surface area contributed by atoms with Gasteiger partial charge in [0.1, 0.15) is 23.1 Å². The quantitative estimate of drug-likeness (QED) is 0.576. The minimum absolute atomic E-state index is 0.00871. The van der Waals surface area contributed by atoms with Gasteiger partial charge in [0.15, 0.2) is 0 Å². The van der Waals surface area contributed by atoms with Crippen molar-refractivity contribution in [2.45, 2.75) is 20.8 Å². The number of methoxy groups -OCH3 is 1. The third-order valence-electron chi connectivity index (χ3n) is 3.74. The summed E-state index contributed by atoms with van der Waals surface area (Å²) < 4.78 is 10.9. The van der Waals surface area contributed by atoms with E-state index in [9.17, 15) is 10.1 Å². The second-order valence-corrected chi connectivity index (χ2v) is 6.60. The van der Waals surface area contributed by atoms with Gasteiger partial charge < -0.3 is 14.8 Å². The maximum absolute atomic E-state index is 12.5. The second-order valence-electron chi connectivity index (χ2n) is 6.60. The van der Waals surface area contributed by atoms with Crippen LogP contribution in [0.15, 0.2) is 48.0 Å². The Kier molecular flexibility index (Phi) is 7.01. The number of aryl methyl sites for hydroxylation is 1. The van der Waals surface area contributed by atoms with Gasteiger partial charge in [-0.2, -0.15) is 5.26 Å². The fraction of sp³-hybridized carbons (Fsp3) is 0.273. The van der Waals surface area contributed by atoms with Crippen LogP contribution in [0.1, 0.15) is 25.0 Å². The Hall–Kier alpha value is -3.26. The van der Waals surface area contributed by atoms with Crippen LogP contribution in [0.25, 0.3) is 6.08 Å². The Morgan fingerprint density at radius 1 is 1.22 bits per heavy atom. The molecule has 1 amide bonds. The molecule has 27 heavy (non-hydrogen) atoms. The van der Waals surface area contributed by atoms with Crippen molar-refractivity contribution in [2.24, 2.45) is 5.92 Å². The Balaban J connectivity index is 2.15. The van der Waals surface area contributed by atoms with Crippen LogP contribution in [0.4, 0.5) is 5.69 Å². The lowest BCUT2D eigenvalue weighted by molar-refractivity contribution is -0.112. The van der Waals surface area contributed by atoms with Crippen molar-refractivity contribution in [2.75, 3.05) is 19.0 Å². The molecule has 0 bridgehead atoms.